The molecule has 3 N–H and O–H groups in total. The summed E-state index contributed by atoms with van der Waals surface area (Å²) < 4.78 is 0. The molecule has 0 aromatic rings. The SMILES string of the molecule is C=NC1(CC(=O)O)CCC(N)CC1. The van der Waals surface area contributed by atoms with Crippen molar-refractivity contribution >= 4 is 12.7 Å². The fourth-order valence-electron chi connectivity index (χ4n) is 1.85. The van der Waals surface area contributed by atoms with E-state index in [1.807, 2.05) is 0 Å². The summed E-state index contributed by atoms with van der Waals surface area (Å²) >= 11 is 0. The fraction of sp³-hybridized carbons (Fsp3) is 0.778. The van der Waals surface area contributed by atoms with E-state index in [0.29, 0.717) is 0 Å². The normalized spacial score (nSPS) is 34.1. The first kappa shape index (κ1) is 10.2. The standard InChI is InChI=1S/C9H16N2O2/c1-11-9(6-8(12)13)4-2-7(10)3-5-9/h7H,1-6,10H2,(H,12,13). The summed E-state index contributed by atoms with van der Waals surface area (Å²) in [6, 6.07) is 0.212. The molecule has 1 rings (SSSR count). The molecule has 0 amide bonds. The molecule has 0 atom stereocenters. The number of carboxylic acids is 1. The molecule has 0 aromatic carbocycles. The van der Waals surface area contributed by atoms with Crippen LogP contribution in [-0.4, -0.2) is 29.4 Å². The lowest BCUT2D eigenvalue weighted by atomic mass is 9.78. The van der Waals surface area contributed by atoms with Gasteiger partial charge in [0.15, 0.2) is 0 Å². The Morgan fingerprint density at radius 3 is 2.54 bits per heavy atom. The molecule has 0 unspecified atom stereocenters. The topological polar surface area (TPSA) is 75.7 Å². The van der Waals surface area contributed by atoms with Gasteiger partial charge in [0.2, 0.25) is 0 Å². The predicted octanol–water partition coefficient (Wildman–Crippen LogP) is 0.802. The third-order valence-corrected chi connectivity index (χ3v) is 2.78. The first-order chi connectivity index (χ1) is 6.08. The summed E-state index contributed by atoms with van der Waals surface area (Å²) in [5.74, 6) is -0.803. The van der Waals surface area contributed by atoms with Gasteiger partial charge in [-0.15, -0.1) is 0 Å². The van der Waals surface area contributed by atoms with Crippen LogP contribution in [0.15, 0.2) is 4.99 Å². The van der Waals surface area contributed by atoms with Crippen LogP contribution in [0.3, 0.4) is 0 Å². The largest absolute Gasteiger partial charge is 0.481 e. The van der Waals surface area contributed by atoms with E-state index in [1.165, 1.54) is 0 Å². The summed E-state index contributed by atoms with van der Waals surface area (Å²) in [5.41, 5.74) is 5.29. The summed E-state index contributed by atoms with van der Waals surface area (Å²) in [6.45, 7) is 3.48. The molecular weight excluding hydrogens is 168 g/mol. The van der Waals surface area contributed by atoms with Gasteiger partial charge in [-0.3, -0.25) is 9.79 Å². The van der Waals surface area contributed by atoms with Crippen LogP contribution < -0.4 is 5.73 Å². The van der Waals surface area contributed by atoms with Crippen LogP contribution in [0.1, 0.15) is 32.1 Å². The van der Waals surface area contributed by atoms with E-state index in [2.05, 4.69) is 11.7 Å². The number of rotatable bonds is 3. The van der Waals surface area contributed by atoms with Crippen LogP contribution in [0, 0.1) is 0 Å². The van der Waals surface area contributed by atoms with Gasteiger partial charge < -0.3 is 10.8 Å². The van der Waals surface area contributed by atoms with Crippen LogP contribution in [0.2, 0.25) is 0 Å². The molecule has 4 nitrogen and oxygen atoms in total. The molecule has 0 aromatic heterocycles. The minimum absolute atomic E-state index is 0.0865. The highest BCUT2D eigenvalue weighted by Gasteiger charge is 2.35. The van der Waals surface area contributed by atoms with Gasteiger partial charge in [-0.1, -0.05) is 0 Å². The van der Waals surface area contributed by atoms with Crippen molar-refractivity contribution in [3.05, 3.63) is 0 Å². The van der Waals surface area contributed by atoms with Gasteiger partial charge in [-0.25, -0.2) is 0 Å². The van der Waals surface area contributed by atoms with E-state index < -0.39 is 11.5 Å². The Morgan fingerprint density at radius 1 is 1.62 bits per heavy atom. The van der Waals surface area contributed by atoms with Crippen LogP contribution in [0.25, 0.3) is 0 Å². The van der Waals surface area contributed by atoms with Crippen molar-refractivity contribution in [2.24, 2.45) is 10.7 Å². The molecule has 4 heteroatoms. The zero-order chi connectivity index (χ0) is 9.90. The van der Waals surface area contributed by atoms with Gasteiger partial charge in [0.1, 0.15) is 0 Å². The maximum Gasteiger partial charge on any atom is 0.305 e. The maximum absolute atomic E-state index is 10.6. The molecular formula is C9H16N2O2. The monoisotopic (exact) mass is 184 g/mol. The van der Waals surface area contributed by atoms with Gasteiger partial charge in [0.05, 0.1) is 12.0 Å². The van der Waals surface area contributed by atoms with E-state index >= 15 is 0 Å². The van der Waals surface area contributed by atoms with Crippen molar-refractivity contribution in [2.45, 2.75) is 43.7 Å². The molecule has 0 aliphatic heterocycles. The van der Waals surface area contributed by atoms with Crippen molar-refractivity contribution in [1.29, 1.82) is 0 Å². The van der Waals surface area contributed by atoms with E-state index in [9.17, 15) is 4.79 Å². The van der Waals surface area contributed by atoms with E-state index in [-0.39, 0.29) is 12.5 Å². The zero-order valence-corrected chi connectivity index (χ0v) is 7.70. The van der Waals surface area contributed by atoms with Gasteiger partial charge in [0, 0.05) is 6.04 Å². The second-order valence-electron chi connectivity index (χ2n) is 3.79. The second-order valence-corrected chi connectivity index (χ2v) is 3.79. The highest BCUT2D eigenvalue weighted by atomic mass is 16.4. The van der Waals surface area contributed by atoms with Gasteiger partial charge in [0.25, 0.3) is 0 Å². The van der Waals surface area contributed by atoms with Gasteiger partial charge in [-0.2, -0.15) is 0 Å². The second kappa shape index (κ2) is 3.87. The third-order valence-electron chi connectivity index (χ3n) is 2.78. The molecule has 0 bridgehead atoms. The number of carboxylic acid groups (broad SMARTS) is 1. The first-order valence-corrected chi connectivity index (χ1v) is 4.53. The molecule has 1 aliphatic carbocycles. The van der Waals surface area contributed by atoms with E-state index in [0.717, 1.165) is 25.7 Å². The molecule has 0 radical (unpaired) electrons. The fourth-order valence-corrected chi connectivity index (χ4v) is 1.85. The molecule has 0 spiro atoms. The Bertz CT molecular complexity index is 208. The molecule has 13 heavy (non-hydrogen) atoms. The van der Waals surface area contributed by atoms with Crippen LogP contribution in [0.5, 0.6) is 0 Å². The number of aliphatic carboxylic acids is 1. The van der Waals surface area contributed by atoms with Crippen molar-refractivity contribution in [1.82, 2.24) is 0 Å². The first-order valence-electron chi connectivity index (χ1n) is 4.53. The highest BCUT2D eigenvalue weighted by Crippen LogP contribution is 2.33. The Labute approximate surface area is 77.8 Å². The molecule has 74 valence electrons. The maximum atomic E-state index is 10.6. The van der Waals surface area contributed by atoms with Crippen LogP contribution in [-0.2, 0) is 4.79 Å². The summed E-state index contributed by atoms with van der Waals surface area (Å²) in [6.07, 6.45) is 3.30. The number of nitrogens with two attached hydrogens (primary N) is 1. The Kier molecular flexibility index (Phi) is 3.03. The highest BCUT2D eigenvalue weighted by molar-refractivity contribution is 5.68. The quantitative estimate of drug-likeness (QED) is 0.637. The van der Waals surface area contributed by atoms with Crippen LogP contribution >= 0.6 is 0 Å². The predicted molar refractivity (Wildman–Crippen MR) is 51.0 cm³/mol. The van der Waals surface area contributed by atoms with Gasteiger partial charge in [-0.05, 0) is 32.4 Å². The number of carbonyl (C=O) groups is 1. The van der Waals surface area contributed by atoms with Crippen molar-refractivity contribution < 1.29 is 9.90 Å². The summed E-state index contributed by atoms with van der Waals surface area (Å²) in [7, 11) is 0. The zero-order valence-electron chi connectivity index (χ0n) is 7.70. The molecule has 1 aliphatic rings. The lowest BCUT2D eigenvalue weighted by Crippen LogP contribution is -2.39. The van der Waals surface area contributed by atoms with Gasteiger partial charge >= 0.3 is 5.97 Å². The Morgan fingerprint density at radius 2 is 2.15 bits per heavy atom. The third kappa shape index (κ3) is 2.52. The lowest BCUT2D eigenvalue weighted by molar-refractivity contribution is -0.138. The molecule has 1 fully saturated rings. The number of hydrogen-bond acceptors (Lipinski definition) is 3. The molecule has 0 saturated heterocycles. The summed E-state index contributed by atoms with van der Waals surface area (Å²) in [4.78, 5) is 14.6. The summed E-state index contributed by atoms with van der Waals surface area (Å²) in [5, 5.41) is 8.71. The minimum atomic E-state index is -0.803. The lowest BCUT2D eigenvalue weighted by Gasteiger charge is -2.34. The Hall–Kier alpha value is -0.900. The number of aliphatic imine (C=N–C) groups is 1. The van der Waals surface area contributed by atoms with Crippen molar-refractivity contribution in [2.75, 3.05) is 0 Å². The smallest absolute Gasteiger partial charge is 0.305 e. The van der Waals surface area contributed by atoms with Crippen molar-refractivity contribution in [3.8, 4) is 0 Å². The molecule has 0 heterocycles. The average molecular weight is 184 g/mol. The van der Waals surface area contributed by atoms with Crippen LogP contribution in [0.4, 0.5) is 0 Å². The van der Waals surface area contributed by atoms with E-state index in [4.69, 9.17) is 10.8 Å². The minimum Gasteiger partial charge on any atom is -0.481 e. The average Bonchev–Trinajstić information content (AvgIpc) is 2.09. The Balaban J connectivity index is 2.60. The van der Waals surface area contributed by atoms with E-state index in [1.54, 1.807) is 0 Å². The van der Waals surface area contributed by atoms with Crippen molar-refractivity contribution in [3.63, 3.8) is 0 Å². The number of nitrogens with zero attached hydrogens (tertiary/aromatic N) is 1. The number of hydrogen-bond donors (Lipinski definition) is 2. The molecule has 1 saturated carbocycles.